The van der Waals surface area contributed by atoms with E-state index in [-0.39, 0.29) is 18.1 Å². The maximum Gasteiger partial charge on any atom is 0.202 e. The van der Waals surface area contributed by atoms with Crippen molar-refractivity contribution in [2.24, 2.45) is 0 Å². The summed E-state index contributed by atoms with van der Waals surface area (Å²) < 4.78 is 31.2. The Hall–Kier alpha value is -2.69. The number of hydrogen-bond donors (Lipinski definition) is 1. The predicted molar refractivity (Wildman–Crippen MR) is 79.2 cm³/mol. The number of H-pyrrole nitrogens is 1. The molecule has 22 heavy (non-hydrogen) atoms. The normalized spacial score (nSPS) is 10.9. The molecule has 0 saturated heterocycles. The molecule has 1 heterocycles. The largest absolute Gasteiger partial charge is 0.485 e. The van der Waals surface area contributed by atoms with Crippen molar-refractivity contribution in [3.05, 3.63) is 65.4 Å². The first kappa shape index (κ1) is 14.3. The minimum Gasteiger partial charge on any atom is -0.485 e. The molecule has 0 saturated carbocycles. The van der Waals surface area contributed by atoms with Crippen LogP contribution in [0.3, 0.4) is 0 Å². The number of aryl methyl sites for hydroxylation is 1. The Labute approximate surface area is 125 Å². The third kappa shape index (κ3) is 2.57. The van der Waals surface area contributed by atoms with E-state index in [2.05, 4.69) is 4.98 Å². The van der Waals surface area contributed by atoms with Crippen molar-refractivity contribution in [2.45, 2.75) is 6.92 Å². The molecule has 0 atom stereocenters. The lowest BCUT2D eigenvalue weighted by Crippen LogP contribution is -2.12. The lowest BCUT2D eigenvalue weighted by molar-refractivity contribution is 0.0922. The molecular formula is C17H13F2NO2. The molecule has 1 N–H and O–H groups in total. The van der Waals surface area contributed by atoms with E-state index in [0.717, 1.165) is 28.7 Å². The summed E-state index contributed by atoms with van der Waals surface area (Å²) in [4.78, 5) is 15.5. The van der Waals surface area contributed by atoms with Crippen LogP contribution in [0.5, 0.6) is 5.75 Å². The van der Waals surface area contributed by atoms with Crippen LogP contribution in [0.4, 0.5) is 8.78 Å². The zero-order valence-corrected chi connectivity index (χ0v) is 11.8. The van der Waals surface area contributed by atoms with Crippen LogP contribution in [0.2, 0.25) is 0 Å². The number of carbonyl (C=O) groups is 1. The van der Waals surface area contributed by atoms with Crippen molar-refractivity contribution in [3.63, 3.8) is 0 Å². The predicted octanol–water partition coefficient (Wildman–Crippen LogP) is 4.02. The zero-order valence-electron chi connectivity index (χ0n) is 11.8. The molecule has 5 heteroatoms. The van der Waals surface area contributed by atoms with Crippen LogP contribution in [0.15, 0.2) is 42.5 Å². The number of ether oxygens (including phenoxy) is 1. The molecule has 0 aliphatic heterocycles. The number of aromatic amines is 1. The van der Waals surface area contributed by atoms with E-state index in [1.165, 1.54) is 6.07 Å². The van der Waals surface area contributed by atoms with Gasteiger partial charge in [0.25, 0.3) is 0 Å². The molecule has 3 rings (SSSR count). The zero-order chi connectivity index (χ0) is 15.7. The first-order chi connectivity index (χ1) is 10.6. The lowest BCUT2D eigenvalue weighted by Gasteiger charge is -2.06. The summed E-state index contributed by atoms with van der Waals surface area (Å²) >= 11 is 0. The van der Waals surface area contributed by atoms with Crippen LogP contribution in [0.1, 0.15) is 16.1 Å². The SMILES string of the molecule is Cc1[nH]c2ccccc2c1C(=O)COc1ccc(F)c(F)c1. The van der Waals surface area contributed by atoms with Crippen LogP contribution >= 0.6 is 0 Å². The van der Waals surface area contributed by atoms with E-state index in [9.17, 15) is 13.6 Å². The summed E-state index contributed by atoms with van der Waals surface area (Å²) in [5.41, 5.74) is 2.18. The highest BCUT2D eigenvalue weighted by molar-refractivity contribution is 6.09. The monoisotopic (exact) mass is 301 g/mol. The standard InChI is InChI=1S/C17H13F2NO2/c1-10-17(12-4-2-3-5-15(12)20-10)16(21)9-22-11-6-7-13(18)14(19)8-11/h2-8,20H,9H2,1H3. The van der Waals surface area contributed by atoms with Crippen LogP contribution < -0.4 is 4.74 Å². The summed E-state index contributed by atoms with van der Waals surface area (Å²) in [7, 11) is 0. The molecule has 3 nitrogen and oxygen atoms in total. The molecule has 0 spiro atoms. The Morgan fingerprint density at radius 2 is 1.91 bits per heavy atom. The molecule has 0 radical (unpaired) electrons. The highest BCUT2D eigenvalue weighted by Gasteiger charge is 2.16. The average molecular weight is 301 g/mol. The molecule has 0 bridgehead atoms. The van der Waals surface area contributed by atoms with Crippen LogP contribution in [0, 0.1) is 18.6 Å². The van der Waals surface area contributed by atoms with Crippen molar-refractivity contribution in [1.82, 2.24) is 4.98 Å². The van der Waals surface area contributed by atoms with E-state index in [0.29, 0.717) is 5.56 Å². The van der Waals surface area contributed by atoms with Gasteiger partial charge in [-0.1, -0.05) is 18.2 Å². The fraction of sp³-hybridized carbons (Fsp3) is 0.118. The number of benzene rings is 2. The van der Waals surface area contributed by atoms with Gasteiger partial charge in [0, 0.05) is 28.2 Å². The van der Waals surface area contributed by atoms with E-state index >= 15 is 0 Å². The van der Waals surface area contributed by atoms with Gasteiger partial charge in [-0.05, 0) is 25.1 Å². The smallest absolute Gasteiger partial charge is 0.202 e. The van der Waals surface area contributed by atoms with Gasteiger partial charge >= 0.3 is 0 Å². The van der Waals surface area contributed by atoms with Gasteiger partial charge in [0.15, 0.2) is 18.2 Å². The van der Waals surface area contributed by atoms with Crippen LogP contribution in [-0.4, -0.2) is 17.4 Å². The first-order valence-electron chi connectivity index (χ1n) is 6.74. The fourth-order valence-electron chi connectivity index (χ4n) is 2.42. The summed E-state index contributed by atoms with van der Waals surface area (Å²) in [5.74, 6) is -2.07. The summed E-state index contributed by atoms with van der Waals surface area (Å²) in [6.07, 6.45) is 0. The minimum atomic E-state index is -1.01. The Kier molecular flexibility index (Phi) is 3.63. The lowest BCUT2D eigenvalue weighted by atomic mass is 10.1. The third-order valence-corrected chi connectivity index (χ3v) is 3.43. The Bertz CT molecular complexity index is 855. The van der Waals surface area contributed by atoms with Crippen molar-refractivity contribution < 1.29 is 18.3 Å². The molecule has 0 amide bonds. The molecule has 0 unspecified atom stereocenters. The molecule has 1 aromatic heterocycles. The molecule has 0 fully saturated rings. The summed E-state index contributed by atoms with van der Waals surface area (Å²) in [6, 6.07) is 10.6. The highest BCUT2D eigenvalue weighted by Crippen LogP contribution is 2.23. The van der Waals surface area contributed by atoms with Crippen molar-refractivity contribution in [2.75, 3.05) is 6.61 Å². The quantitative estimate of drug-likeness (QED) is 0.740. The number of rotatable bonds is 4. The molecule has 0 aliphatic rings. The highest BCUT2D eigenvalue weighted by atomic mass is 19.2. The van der Waals surface area contributed by atoms with Gasteiger partial charge in [0.2, 0.25) is 5.78 Å². The van der Waals surface area contributed by atoms with Gasteiger partial charge < -0.3 is 9.72 Å². The first-order valence-corrected chi connectivity index (χ1v) is 6.74. The average Bonchev–Trinajstić information content (AvgIpc) is 2.84. The van der Waals surface area contributed by atoms with E-state index in [1.54, 1.807) is 0 Å². The number of halogens is 2. The third-order valence-electron chi connectivity index (χ3n) is 3.43. The van der Waals surface area contributed by atoms with Crippen molar-refractivity contribution >= 4 is 16.7 Å². The van der Waals surface area contributed by atoms with Gasteiger partial charge in [-0.2, -0.15) is 0 Å². The summed E-state index contributed by atoms with van der Waals surface area (Å²) in [6.45, 7) is 1.57. The fourth-order valence-corrected chi connectivity index (χ4v) is 2.42. The molecule has 3 aromatic rings. The number of nitrogens with one attached hydrogen (secondary N) is 1. The Morgan fingerprint density at radius 3 is 2.68 bits per heavy atom. The van der Waals surface area contributed by atoms with Gasteiger partial charge in [0.05, 0.1) is 0 Å². The van der Waals surface area contributed by atoms with Gasteiger partial charge in [0.1, 0.15) is 5.75 Å². The van der Waals surface area contributed by atoms with Crippen LogP contribution in [-0.2, 0) is 0 Å². The minimum absolute atomic E-state index is 0.116. The maximum absolute atomic E-state index is 13.1. The molecule has 112 valence electrons. The van der Waals surface area contributed by atoms with Gasteiger partial charge in [-0.15, -0.1) is 0 Å². The number of hydrogen-bond acceptors (Lipinski definition) is 2. The number of Topliss-reactive ketones (excluding diaryl/α,β-unsaturated/α-hetero) is 1. The Balaban J connectivity index is 1.81. The van der Waals surface area contributed by atoms with Crippen molar-refractivity contribution in [1.29, 1.82) is 0 Å². The second-order valence-electron chi connectivity index (χ2n) is 4.96. The van der Waals surface area contributed by atoms with Gasteiger partial charge in [-0.25, -0.2) is 8.78 Å². The second kappa shape index (κ2) is 5.60. The van der Waals surface area contributed by atoms with Crippen LogP contribution in [0.25, 0.3) is 10.9 Å². The van der Waals surface area contributed by atoms with Crippen molar-refractivity contribution in [3.8, 4) is 5.75 Å². The number of para-hydroxylation sites is 1. The summed E-state index contributed by atoms with van der Waals surface area (Å²) in [5, 5.41) is 0.818. The Morgan fingerprint density at radius 1 is 1.14 bits per heavy atom. The molecule has 2 aromatic carbocycles. The van der Waals surface area contributed by atoms with E-state index in [4.69, 9.17) is 4.74 Å². The second-order valence-corrected chi connectivity index (χ2v) is 4.96. The molecular weight excluding hydrogens is 288 g/mol. The topological polar surface area (TPSA) is 42.1 Å². The number of aromatic nitrogens is 1. The number of fused-ring (bicyclic) bond motifs is 1. The number of ketones is 1. The van der Waals surface area contributed by atoms with E-state index in [1.807, 2.05) is 31.2 Å². The number of carbonyl (C=O) groups excluding carboxylic acids is 1. The molecule has 0 aliphatic carbocycles. The van der Waals surface area contributed by atoms with E-state index < -0.39 is 11.6 Å². The maximum atomic E-state index is 13.1. The van der Waals surface area contributed by atoms with Gasteiger partial charge in [-0.3, -0.25) is 4.79 Å².